The molecule has 0 saturated heterocycles. The van der Waals surface area contributed by atoms with Crippen LogP contribution in [0.1, 0.15) is 43.1 Å². The lowest BCUT2D eigenvalue weighted by atomic mass is 10.0. The van der Waals surface area contributed by atoms with Crippen molar-refractivity contribution >= 4 is 29.1 Å². The number of fused-ring (bicyclic) bond motifs is 1. The molecule has 3 N–H and O–H groups in total. The predicted octanol–water partition coefficient (Wildman–Crippen LogP) is 3.50. The van der Waals surface area contributed by atoms with Crippen LogP contribution in [0.5, 0.6) is 5.75 Å². The van der Waals surface area contributed by atoms with E-state index in [4.69, 9.17) is 4.74 Å². The summed E-state index contributed by atoms with van der Waals surface area (Å²) in [6.45, 7) is 7.51. The summed E-state index contributed by atoms with van der Waals surface area (Å²) in [4.78, 5) is 37.5. The average Bonchev–Trinajstić information content (AvgIpc) is 2.68. The Morgan fingerprint density at radius 3 is 2.60 bits per heavy atom. The first-order valence-corrected chi connectivity index (χ1v) is 10.0. The number of nitrogens with one attached hydrogen (secondary N) is 3. The fourth-order valence-corrected chi connectivity index (χ4v) is 3.28. The molecule has 1 aliphatic heterocycles. The van der Waals surface area contributed by atoms with Gasteiger partial charge in [-0.05, 0) is 56.0 Å². The molecule has 0 saturated carbocycles. The van der Waals surface area contributed by atoms with Gasteiger partial charge in [0.1, 0.15) is 11.8 Å². The first kappa shape index (κ1) is 21.4. The lowest BCUT2D eigenvalue weighted by Crippen LogP contribution is -2.44. The van der Waals surface area contributed by atoms with Crippen molar-refractivity contribution < 1.29 is 19.1 Å². The summed E-state index contributed by atoms with van der Waals surface area (Å²) in [6.07, 6.45) is -0.0730. The molecule has 7 heteroatoms. The highest BCUT2D eigenvalue weighted by Gasteiger charge is 2.26. The molecular formula is C23H27N3O4. The monoisotopic (exact) mass is 409 g/mol. The standard InChI is InChI=1S/C23H27N3O4/c1-13(2)11-19(26-22(28)17-8-6-5-7-14(17)3)23(29)24-16-9-10-20-18(12-16)25-21(27)15(4)30-20/h5-10,12-13,15,19H,11H2,1-4H3,(H,24,29)(H,25,27)(H,26,28). The Kier molecular flexibility index (Phi) is 6.40. The molecule has 0 aliphatic carbocycles. The Labute approximate surface area is 176 Å². The molecule has 30 heavy (non-hydrogen) atoms. The third-order valence-electron chi connectivity index (χ3n) is 4.90. The van der Waals surface area contributed by atoms with Crippen LogP contribution in [0.3, 0.4) is 0 Å². The maximum atomic E-state index is 12.9. The number of hydrogen-bond donors (Lipinski definition) is 3. The van der Waals surface area contributed by atoms with Crippen molar-refractivity contribution in [1.82, 2.24) is 5.32 Å². The van der Waals surface area contributed by atoms with Gasteiger partial charge in [0.2, 0.25) is 5.91 Å². The van der Waals surface area contributed by atoms with E-state index in [0.717, 1.165) is 5.56 Å². The van der Waals surface area contributed by atoms with Crippen molar-refractivity contribution in [3.8, 4) is 5.75 Å². The molecular weight excluding hydrogens is 382 g/mol. The quantitative estimate of drug-likeness (QED) is 0.680. The Hall–Kier alpha value is -3.35. The SMILES string of the molecule is Cc1ccccc1C(=O)NC(CC(C)C)C(=O)Nc1ccc2c(c1)NC(=O)C(C)O2. The molecule has 1 aliphatic rings. The van der Waals surface area contributed by atoms with Crippen LogP contribution >= 0.6 is 0 Å². The minimum absolute atomic E-state index is 0.204. The Morgan fingerprint density at radius 2 is 1.90 bits per heavy atom. The summed E-state index contributed by atoms with van der Waals surface area (Å²) in [6, 6.07) is 11.6. The molecule has 158 valence electrons. The fraction of sp³-hybridized carbons (Fsp3) is 0.348. The molecule has 0 bridgehead atoms. The predicted molar refractivity (Wildman–Crippen MR) is 116 cm³/mol. The van der Waals surface area contributed by atoms with Gasteiger partial charge in [-0.15, -0.1) is 0 Å². The second kappa shape index (κ2) is 8.98. The van der Waals surface area contributed by atoms with Crippen LogP contribution in [-0.4, -0.2) is 29.9 Å². The van der Waals surface area contributed by atoms with Crippen molar-refractivity contribution in [2.45, 2.75) is 46.3 Å². The summed E-state index contributed by atoms with van der Waals surface area (Å²) in [5.74, 6) is -0.0903. The zero-order valence-electron chi connectivity index (χ0n) is 17.6. The number of aryl methyl sites for hydroxylation is 1. The maximum Gasteiger partial charge on any atom is 0.265 e. The van der Waals surface area contributed by atoms with Crippen LogP contribution in [0.15, 0.2) is 42.5 Å². The number of anilines is 2. The van der Waals surface area contributed by atoms with Crippen LogP contribution in [0.2, 0.25) is 0 Å². The normalized spacial score (nSPS) is 16.2. The van der Waals surface area contributed by atoms with Crippen LogP contribution < -0.4 is 20.7 Å². The maximum absolute atomic E-state index is 12.9. The Morgan fingerprint density at radius 1 is 1.17 bits per heavy atom. The van der Waals surface area contributed by atoms with Gasteiger partial charge in [-0.1, -0.05) is 32.0 Å². The Bertz CT molecular complexity index is 971. The van der Waals surface area contributed by atoms with E-state index in [9.17, 15) is 14.4 Å². The van der Waals surface area contributed by atoms with Crippen molar-refractivity contribution in [1.29, 1.82) is 0 Å². The van der Waals surface area contributed by atoms with E-state index >= 15 is 0 Å². The second-order valence-electron chi connectivity index (χ2n) is 7.92. The molecule has 7 nitrogen and oxygen atoms in total. The van der Waals surface area contributed by atoms with Gasteiger partial charge < -0.3 is 20.7 Å². The first-order valence-electron chi connectivity index (χ1n) is 10.0. The van der Waals surface area contributed by atoms with Gasteiger partial charge in [0.15, 0.2) is 6.10 Å². The third kappa shape index (κ3) is 4.97. The zero-order valence-corrected chi connectivity index (χ0v) is 17.6. The van der Waals surface area contributed by atoms with Gasteiger partial charge in [-0.25, -0.2) is 0 Å². The number of amides is 3. The van der Waals surface area contributed by atoms with E-state index in [-0.39, 0.29) is 23.6 Å². The lowest BCUT2D eigenvalue weighted by molar-refractivity contribution is -0.122. The zero-order chi connectivity index (χ0) is 21.8. The molecule has 0 aromatic heterocycles. The first-order chi connectivity index (χ1) is 14.2. The molecule has 0 fully saturated rings. The highest BCUT2D eigenvalue weighted by molar-refractivity contribution is 6.03. The molecule has 0 spiro atoms. The minimum atomic E-state index is -0.695. The Balaban J connectivity index is 1.74. The highest BCUT2D eigenvalue weighted by Crippen LogP contribution is 2.32. The minimum Gasteiger partial charge on any atom is -0.479 e. The van der Waals surface area contributed by atoms with Gasteiger partial charge in [-0.2, -0.15) is 0 Å². The summed E-state index contributed by atoms with van der Waals surface area (Å²) in [5.41, 5.74) is 2.40. The van der Waals surface area contributed by atoms with Crippen LogP contribution in [0, 0.1) is 12.8 Å². The summed E-state index contributed by atoms with van der Waals surface area (Å²) < 4.78 is 5.54. The molecule has 0 radical (unpaired) electrons. The van der Waals surface area contributed by atoms with Gasteiger partial charge in [0.25, 0.3) is 11.8 Å². The van der Waals surface area contributed by atoms with Gasteiger partial charge >= 0.3 is 0 Å². The lowest BCUT2D eigenvalue weighted by Gasteiger charge is -2.24. The highest BCUT2D eigenvalue weighted by atomic mass is 16.5. The van der Waals surface area contributed by atoms with E-state index in [1.165, 1.54) is 0 Å². The smallest absolute Gasteiger partial charge is 0.265 e. The summed E-state index contributed by atoms with van der Waals surface area (Å²) >= 11 is 0. The number of rotatable bonds is 6. The molecule has 3 rings (SSSR count). The third-order valence-corrected chi connectivity index (χ3v) is 4.90. The summed E-state index contributed by atoms with van der Waals surface area (Å²) in [7, 11) is 0. The van der Waals surface area contributed by atoms with Crippen molar-refractivity contribution in [2.75, 3.05) is 10.6 Å². The van der Waals surface area contributed by atoms with Gasteiger partial charge in [0.05, 0.1) is 5.69 Å². The number of carbonyl (C=O) groups excluding carboxylic acids is 3. The van der Waals surface area contributed by atoms with E-state index < -0.39 is 12.1 Å². The van der Waals surface area contributed by atoms with Crippen molar-refractivity contribution in [2.24, 2.45) is 5.92 Å². The van der Waals surface area contributed by atoms with Gasteiger partial charge in [0, 0.05) is 11.3 Å². The molecule has 2 aromatic carbocycles. The van der Waals surface area contributed by atoms with E-state index in [1.807, 2.05) is 32.9 Å². The second-order valence-corrected chi connectivity index (χ2v) is 7.92. The molecule has 2 unspecified atom stereocenters. The molecule has 2 atom stereocenters. The van der Waals surface area contributed by atoms with Crippen LogP contribution in [0.4, 0.5) is 11.4 Å². The molecule has 2 aromatic rings. The van der Waals surface area contributed by atoms with Crippen molar-refractivity contribution in [3.05, 3.63) is 53.6 Å². The number of hydrogen-bond acceptors (Lipinski definition) is 4. The molecule has 3 amide bonds. The van der Waals surface area contributed by atoms with Crippen molar-refractivity contribution in [3.63, 3.8) is 0 Å². The topological polar surface area (TPSA) is 96.5 Å². The van der Waals surface area contributed by atoms with E-state index in [2.05, 4.69) is 16.0 Å². The largest absolute Gasteiger partial charge is 0.479 e. The number of ether oxygens (including phenoxy) is 1. The van der Waals surface area contributed by atoms with E-state index in [1.54, 1.807) is 37.3 Å². The summed E-state index contributed by atoms with van der Waals surface area (Å²) in [5, 5.41) is 8.45. The van der Waals surface area contributed by atoms with E-state index in [0.29, 0.717) is 29.1 Å². The van der Waals surface area contributed by atoms with Crippen LogP contribution in [0.25, 0.3) is 0 Å². The van der Waals surface area contributed by atoms with Crippen LogP contribution in [-0.2, 0) is 9.59 Å². The number of carbonyl (C=O) groups is 3. The van der Waals surface area contributed by atoms with Gasteiger partial charge in [-0.3, -0.25) is 14.4 Å². The fourth-order valence-electron chi connectivity index (χ4n) is 3.28. The average molecular weight is 409 g/mol. The molecule has 1 heterocycles. The number of benzene rings is 2.